The quantitative estimate of drug-likeness (QED) is 0.530. The standard InChI is InChI=1S/C24H20N2O3/c27-23(25-15-20-14-19-8-4-5-9-22(19)26-24(20)28)16-29-21-12-10-18(11-13-21)17-6-2-1-3-7-17/h1-14H,15-16H2,(H,25,27)(H,26,28). The number of nitrogens with one attached hydrogen (secondary N) is 2. The van der Waals surface area contributed by atoms with E-state index >= 15 is 0 Å². The number of hydrogen-bond acceptors (Lipinski definition) is 3. The van der Waals surface area contributed by atoms with Gasteiger partial charge >= 0.3 is 0 Å². The highest BCUT2D eigenvalue weighted by Gasteiger charge is 2.07. The van der Waals surface area contributed by atoms with E-state index in [1.54, 1.807) is 6.07 Å². The molecule has 5 nitrogen and oxygen atoms in total. The van der Waals surface area contributed by atoms with Crippen LogP contribution in [0.1, 0.15) is 5.56 Å². The first-order valence-electron chi connectivity index (χ1n) is 9.35. The smallest absolute Gasteiger partial charge is 0.258 e. The highest BCUT2D eigenvalue weighted by molar-refractivity contribution is 5.79. The molecule has 0 unspecified atom stereocenters. The first-order valence-corrected chi connectivity index (χ1v) is 9.35. The Labute approximate surface area is 168 Å². The average molecular weight is 384 g/mol. The van der Waals surface area contributed by atoms with E-state index in [0.717, 1.165) is 22.0 Å². The van der Waals surface area contributed by atoms with Crippen molar-refractivity contribution in [2.24, 2.45) is 0 Å². The van der Waals surface area contributed by atoms with Crippen LogP contribution in [0.5, 0.6) is 5.75 Å². The van der Waals surface area contributed by atoms with Crippen molar-refractivity contribution >= 4 is 16.8 Å². The summed E-state index contributed by atoms with van der Waals surface area (Å²) in [5.41, 5.74) is 3.27. The minimum atomic E-state index is -0.287. The van der Waals surface area contributed by atoms with Crippen molar-refractivity contribution in [2.75, 3.05) is 6.61 Å². The zero-order chi connectivity index (χ0) is 20.1. The number of carbonyl (C=O) groups is 1. The molecule has 0 saturated heterocycles. The van der Waals surface area contributed by atoms with Crippen LogP contribution in [0.3, 0.4) is 0 Å². The summed E-state index contributed by atoms with van der Waals surface area (Å²) in [5, 5.41) is 3.65. The Morgan fingerprint density at radius 2 is 1.55 bits per heavy atom. The molecule has 1 amide bonds. The minimum absolute atomic E-state index is 0.115. The van der Waals surface area contributed by atoms with E-state index in [1.165, 1.54) is 0 Å². The number of fused-ring (bicyclic) bond motifs is 1. The normalized spacial score (nSPS) is 10.6. The summed E-state index contributed by atoms with van der Waals surface area (Å²) in [4.78, 5) is 27.1. The fourth-order valence-electron chi connectivity index (χ4n) is 3.09. The first-order chi connectivity index (χ1) is 14.2. The van der Waals surface area contributed by atoms with Crippen molar-refractivity contribution in [3.63, 3.8) is 0 Å². The van der Waals surface area contributed by atoms with Crippen molar-refractivity contribution in [3.05, 3.63) is 101 Å². The largest absolute Gasteiger partial charge is 0.484 e. The number of pyridine rings is 1. The Bertz CT molecular complexity index is 1180. The Morgan fingerprint density at radius 1 is 0.862 bits per heavy atom. The van der Waals surface area contributed by atoms with Crippen molar-refractivity contribution in [2.45, 2.75) is 6.54 Å². The fraction of sp³-hybridized carbons (Fsp3) is 0.0833. The van der Waals surface area contributed by atoms with E-state index in [2.05, 4.69) is 10.3 Å². The van der Waals surface area contributed by atoms with Gasteiger partial charge in [0.2, 0.25) is 0 Å². The number of amides is 1. The van der Waals surface area contributed by atoms with E-state index in [4.69, 9.17) is 4.74 Å². The second-order valence-corrected chi connectivity index (χ2v) is 6.67. The molecule has 4 aromatic rings. The number of rotatable bonds is 6. The number of para-hydroxylation sites is 1. The molecule has 0 bridgehead atoms. The molecule has 0 fully saturated rings. The van der Waals surface area contributed by atoms with Gasteiger partial charge in [-0.25, -0.2) is 0 Å². The molecule has 1 heterocycles. The number of benzene rings is 3. The van der Waals surface area contributed by atoms with Crippen LogP contribution in [0.25, 0.3) is 22.0 Å². The molecule has 0 aliphatic rings. The van der Waals surface area contributed by atoms with Crippen LogP contribution in [-0.2, 0) is 11.3 Å². The molecule has 3 aromatic carbocycles. The van der Waals surface area contributed by atoms with Gasteiger partial charge in [0, 0.05) is 17.6 Å². The molecular weight excluding hydrogens is 364 g/mol. The molecule has 1 aromatic heterocycles. The minimum Gasteiger partial charge on any atom is -0.484 e. The SMILES string of the molecule is O=C(COc1ccc(-c2ccccc2)cc1)NCc1cc2ccccc2[nH]c1=O. The van der Waals surface area contributed by atoms with Gasteiger partial charge in [0.05, 0.1) is 0 Å². The Kier molecular flexibility index (Phi) is 5.38. The lowest BCUT2D eigenvalue weighted by molar-refractivity contribution is -0.123. The van der Waals surface area contributed by atoms with E-state index in [1.807, 2.05) is 78.9 Å². The van der Waals surface area contributed by atoms with Crippen molar-refractivity contribution in [1.82, 2.24) is 10.3 Å². The number of hydrogen-bond donors (Lipinski definition) is 2. The molecule has 0 aliphatic carbocycles. The van der Waals surface area contributed by atoms with Gasteiger partial charge in [-0.2, -0.15) is 0 Å². The fourth-order valence-corrected chi connectivity index (χ4v) is 3.09. The Morgan fingerprint density at radius 3 is 2.34 bits per heavy atom. The number of aromatic nitrogens is 1. The Balaban J connectivity index is 1.32. The molecule has 0 spiro atoms. The predicted octanol–water partition coefficient (Wildman–Crippen LogP) is 3.89. The summed E-state index contributed by atoms with van der Waals surface area (Å²) in [7, 11) is 0. The third-order valence-electron chi connectivity index (χ3n) is 4.64. The van der Waals surface area contributed by atoms with E-state index in [-0.39, 0.29) is 24.6 Å². The van der Waals surface area contributed by atoms with Crippen molar-refractivity contribution in [1.29, 1.82) is 0 Å². The molecule has 4 rings (SSSR count). The molecular formula is C24H20N2O3. The van der Waals surface area contributed by atoms with Gasteiger partial charge in [0.25, 0.3) is 11.5 Å². The molecule has 0 radical (unpaired) electrons. The van der Waals surface area contributed by atoms with Crippen LogP contribution in [0, 0.1) is 0 Å². The summed E-state index contributed by atoms with van der Waals surface area (Å²) in [6, 6.07) is 26.9. The van der Waals surface area contributed by atoms with Gasteiger partial charge in [-0.3, -0.25) is 9.59 Å². The van der Waals surface area contributed by atoms with Gasteiger partial charge < -0.3 is 15.0 Å². The molecule has 5 heteroatoms. The lowest BCUT2D eigenvalue weighted by atomic mass is 10.1. The number of carbonyl (C=O) groups excluding carboxylic acids is 1. The summed E-state index contributed by atoms with van der Waals surface area (Å²) >= 11 is 0. The van der Waals surface area contributed by atoms with Gasteiger partial charge in [0.1, 0.15) is 5.75 Å². The topological polar surface area (TPSA) is 71.2 Å². The first kappa shape index (κ1) is 18.5. The molecule has 0 atom stereocenters. The van der Waals surface area contributed by atoms with Crippen LogP contribution < -0.4 is 15.6 Å². The highest BCUT2D eigenvalue weighted by atomic mass is 16.5. The van der Waals surface area contributed by atoms with Gasteiger partial charge in [-0.1, -0.05) is 60.7 Å². The average Bonchev–Trinajstić information content (AvgIpc) is 2.77. The summed E-state index contributed by atoms with van der Waals surface area (Å²) < 4.78 is 5.55. The summed E-state index contributed by atoms with van der Waals surface area (Å²) in [6.45, 7) is 0.0332. The maximum absolute atomic E-state index is 12.1. The van der Waals surface area contributed by atoms with Crippen LogP contribution in [0.4, 0.5) is 0 Å². The molecule has 0 saturated carbocycles. The van der Waals surface area contributed by atoms with E-state index in [9.17, 15) is 9.59 Å². The predicted molar refractivity (Wildman–Crippen MR) is 114 cm³/mol. The van der Waals surface area contributed by atoms with Crippen molar-refractivity contribution in [3.8, 4) is 16.9 Å². The van der Waals surface area contributed by atoms with Crippen LogP contribution >= 0.6 is 0 Å². The van der Waals surface area contributed by atoms with E-state index in [0.29, 0.717) is 11.3 Å². The van der Waals surface area contributed by atoms with Gasteiger partial charge in [-0.15, -0.1) is 0 Å². The molecule has 144 valence electrons. The van der Waals surface area contributed by atoms with Crippen molar-refractivity contribution < 1.29 is 9.53 Å². The monoisotopic (exact) mass is 384 g/mol. The maximum atomic E-state index is 12.1. The molecule has 29 heavy (non-hydrogen) atoms. The highest BCUT2D eigenvalue weighted by Crippen LogP contribution is 2.22. The number of ether oxygens (including phenoxy) is 1. The lowest BCUT2D eigenvalue weighted by Gasteiger charge is -2.09. The third-order valence-corrected chi connectivity index (χ3v) is 4.64. The zero-order valence-corrected chi connectivity index (χ0v) is 15.7. The zero-order valence-electron chi connectivity index (χ0n) is 15.7. The van der Waals surface area contributed by atoms with E-state index < -0.39 is 0 Å². The molecule has 2 N–H and O–H groups in total. The number of H-pyrrole nitrogens is 1. The second kappa shape index (κ2) is 8.44. The molecule has 0 aliphatic heterocycles. The van der Waals surface area contributed by atoms with Crippen LogP contribution in [0.2, 0.25) is 0 Å². The van der Waals surface area contributed by atoms with Gasteiger partial charge in [-0.05, 0) is 40.8 Å². The van der Waals surface area contributed by atoms with Gasteiger partial charge in [0.15, 0.2) is 6.61 Å². The summed E-state index contributed by atoms with van der Waals surface area (Å²) in [5.74, 6) is 0.327. The number of aromatic amines is 1. The summed E-state index contributed by atoms with van der Waals surface area (Å²) in [6.07, 6.45) is 0. The second-order valence-electron chi connectivity index (χ2n) is 6.67. The Hall–Kier alpha value is -3.86. The van der Waals surface area contributed by atoms with Crippen LogP contribution in [-0.4, -0.2) is 17.5 Å². The van der Waals surface area contributed by atoms with Crippen LogP contribution in [0.15, 0.2) is 89.7 Å². The maximum Gasteiger partial charge on any atom is 0.258 e. The lowest BCUT2D eigenvalue weighted by Crippen LogP contribution is -2.30. The third kappa shape index (κ3) is 4.52.